The third-order valence-electron chi connectivity index (χ3n) is 2.66. The lowest BCUT2D eigenvalue weighted by atomic mass is 10.2. The van der Waals surface area contributed by atoms with Gasteiger partial charge >= 0.3 is 0 Å². The van der Waals surface area contributed by atoms with Crippen LogP contribution in [0.2, 0.25) is 0 Å². The minimum Gasteiger partial charge on any atom is -0.768 e. The Morgan fingerprint density at radius 2 is 1.24 bits per heavy atom. The van der Waals surface area contributed by atoms with Crippen LogP contribution in [-0.4, -0.2) is 23.4 Å². The van der Waals surface area contributed by atoms with Crippen molar-refractivity contribution in [3.05, 3.63) is 59.7 Å². The molecule has 4 nitrogen and oxygen atoms in total. The van der Waals surface area contributed by atoms with Crippen molar-refractivity contribution in [3.8, 4) is 0 Å². The van der Waals surface area contributed by atoms with Crippen LogP contribution in [0.15, 0.2) is 58.3 Å². The van der Waals surface area contributed by atoms with Crippen LogP contribution in [0.3, 0.4) is 0 Å². The van der Waals surface area contributed by atoms with Crippen LogP contribution < -0.4 is 0 Å². The highest BCUT2D eigenvalue weighted by Gasteiger charge is 2.04. The van der Waals surface area contributed by atoms with Gasteiger partial charge in [0.25, 0.3) is 0 Å². The Hall–Kier alpha value is -1.50. The van der Waals surface area contributed by atoms with E-state index in [1.54, 1.807) is 48.5 Å². The van der Waals surface area contributed by atoms with E-state index in [9.17, 15) is 17.2 Å². The molecule has 0 aliphatic heterocycles. The lowest BCUT2D eigenvalue weighted by Gasteiger charge is -2.03. The zero-order valence-corrected chi connectivity index (χ0v) is 13.7. The summed E-state index contributed by atoms with van der Waals surface area (Å²) in [4.78, 5) is 0.716. The van der Waals surface area contributed by atoms with Gasteiger partial charge in [0.1, 0.15) is 0 Å². The SMILES string of the molecule is Cc1ccc(S(=O)[O-])cc1.Cc1ccc(S(C)(=O)=O)cc1. The molecule has 1 unspecified atom stereocenters. The van der Waals surface area contributed by atoms with E-state index in [2.05, 4.69) is 0 Å². The van der Waals surface area contributed by atoms with E-state index in [1.807, 2.05) is 13.8 Å². The standard InChI is InChI=1S/C8H10O2S.C7H8O2S/c1-7-3-5-8(6-4-7)11(2,9)10;1-6-2-4-7(5-3-6)10(8)9/h3-6H,1-2H3;2-5H,1H3,(H,8,9)/p-1. The second-order valence-electron chi connectivity index (χ2n) is 4.63. The Morgan fingerprint density at radius 1 is 0.857 bits per heavy atom. The van der Waals surface area contributed by atoms with Gasteiger partial charge in [-0.3, -0.25) is 4.21 Å². The molecule has 0 aromatic heterocycles. The fraction of sp³-hybridized carbons (Fsp3) is 0.200. The average Bonchev–Trinajstić information content (AvgIpc) is 2.39. The Kier molecular flexibility index (Phi) is 6.26. The van der Waals surface area contributed by atoms with Gasteiger partial charge < -0.3 is 4.55 Å². The van der Waals surface area contributed by atoms with Gasteiger partial charge in [-0.1, -0.05) is 35.4 Å². The number of hydrogen-bond donors (Lipinski definition) is 0. The van der Waals surface area contributed by atoms with Gasteiger partial charge in [0.2, 0.25) is 0 Å². The average molecular weight is 325 g/mol. The molecule has 0 aliphatic carbocycles. The highest BCUT2D eigenvalue weighted by molar-refractivity contribution is 7.90. The first-order valence-electron chi connectivity index (χ1n) is 6.13. The highest BCUT2D eigenvalue weighted by atomic mass is 32.2. The van der Waals surface area contributed by atoms with Gasteiger partial charge in [0.05, 0.1) is 4.90 Å². The monoisotopic (exact) mass is 325 g/mol. The summed E-state index contributed by atoms with van der Waals surface area (Å²) in [5, 5.41) is 0. The first-order chi connectivity index (χ1) is 9.70. The summed E-state index contributed by atoms with van der Waals surface area (Å²) in [5.41, 5.74) is 2.13. The number of benzene rings is 2. The maximum Gasteiger partial charge on any atom is 0.175 e. The largest absolute Gasteiger partial charge is 0.768 e. The third kappa shape index (κ3) is 6.20. The fourth-order valence-electron chi connectivity index (χ4n) is 1.43. The number of rotatable bonds is 2. The Labute approximate surface area is 128 Å². The topological polar surface area (TPSA) is 74.3 Å². The molecular formula is C15H17O4S2-. The molecule has 21 heavy (non-hydrogen) atoms. The van der Waals surface area contributed by atoms with Crippen LogP contribution >= 0.6 is 0 Å². The van der Waals surface area contributed by atoms with Gasteiger partial charge in [-0.25, -0.2) is 8.42 Å². The zero-order valence-electron chi connectivity index (χ0n) is 12.1. The molecule has 1 atom stereocenters. The number of aryl methyl sites for hydroxylation is 2. The van der Waals surface area contributed by atoms with E-state index in [4.69, 9.17) is 0 Å². The summed E-state index contributed by atoms with van der Waals surface area (Å²) < 4.78 is 42.5. The van der Waals surface area contributed by atoms with Gasteiger partial charge in [0, 0.05) is 11.2 Å². The van der Waals surface area contributed by atoms with Crippen LogP contribution in [-0.2, 0) is 20.9 Å². The third-order valence-corrected chi connectivity index (χ3v) is 4.45. The highest BCUT2D eigenvalue weighted by Crippen LogP contribution is 2.08. The van der Waals surface area contributed by atoms with Crippen molar-refractivity contribution in [1.82, 2.24) is 0 Å². The van der Waals surface area contributed by atoms with Crippen LogP contribution in [0.25, 0.3) is 0 Å². The van der Waals surface area contributed by atoms with Crippen LogP contribution in [0.5, 0.6) is 0 Å². The Morgan fingerprint density at radius 3 is 1.57 bits per heavy atom. The van der Waals surface area contributed by atoms with Gasteiger partial charge in [0.15, 0.2) is 9.84 Å². The van der Waals surface area contributed by atoms with Crippen molar-refractivity contribution in [2.24, 2.45) is 0 Å². The van der Waals surface area contributed by atoms with Crippen LogP contribution in [0.4, 0.5) is 0 Å². The lowest BCUT2D eigenvalue weighted by Crippen LogP contribution is -1.95. The predicted octanol–water partition coefficient (Wildman–Crippen LogP) is 2.63. The van der Waals surface area contributed by atoms with E-state index < -0.39 is 20.9 Å². The second kappa shape index (κ2) is 7.49. The van der Waals surface area contributed by atoms with Crippen molar-refractivity contribution in [2.45, 2.75) is 23.6 Å². The Bertz CT molecular complexity index is 702. The van der Waals surface area contributed by atoms with Crippen molar-refractivity contribution in [1.29, 1.82) is 0 Å². The number of sulfone groups is 1. The Balaban J connectivity index is 0.000000211. The quantitative estimate of drug-likeness (QED) is 0.796. The molecule has 0 aliphatic rings. The summed E-state index contributed by atoms with van der Waals surface area (Å²) in [6.07, 6.45) is 1.21. The van der Waals surface area contributed by atoms with Crippen molar-refractivity contribution in [3.63, 3.8) is 0 Å². The first-order valence-corrected chi connectivity index (χ1v) is 9.09. The summed E-state index contributed by atoms with van der Waals surface area (Å²) in [5.74, 6) is 0. The van der Waals surface area contributed by atoms with Crippen molar-refractivity contribution in [2.75, 3.05) is 6.26 Å². The summed E-state index contributed by atoms with van der Waals surface area (Å²) in [7, 11) is -3.02. The molecule has 2 aromatic carbocycles. The van der Waals surface area contributed by atoms with Gasteiger partial charge in [-0.05, 0) is 49.2 Å². The molecule has 0 bridgehead atoms. The molecule has 2 aromatic rings. The molecule has 0 radical (unpaired) electrons. The van der Waals surface area contributed by atoms with E-state index in [-0.39, 0.29) is 0 Å². The van der Waals surface area contributed by atoms with Crippen LogP contribution in [0, 0.1) is 13.8 Å². The van der Waals surface area contributed by atoms with Gasteiger partial charge in [-0.15, -0.1) is 0 Å². The molecule has 0 heterocycles. The molecule has 0 spiro atoms. The smallest absolute Gasteiger partial charge is 0.175 e. The van der Waals surface area contributed by atoms with Crippen molar-refractivity contribution >= 4 is 20.9 Å². The molecule has 114 valence electrons. The molecule has 0 saturated heterocycles. The summed E-state index contributed by atoms with van der Waals surface area (Å²) in [6.45, 7) is 3.84. The number of hydrogen-bond acceptors (Lipinski definition) is 4. The van der Waals surface area contributed by atoms with E-state index in [0.29, 0.717) is 9.79 Å². The second-order valence-corrected chi connectivity index (χ2v) is 7.59. The minimum absolute atomic E-state index is 0.339. The molecule has 0 N–H and O–H groups in total. The van der Waals surface area contributed by atoms with Crippen LogP contribution in [0.1, 0.15) is 11.1 Å². The minimum atomic E-state index is -3.02. The maximum atomic E-state index is 10.9. The molecule has 0 fully saturated rings. The molecule has 0 amide bonds. The fourth-order valence-corrected chi connectivity index (χ4v) is 2.42. The molecular weight excluding hydrogens is 308 g/mol. The van der Waals surface area contributed by atoms with Gasteiger partial charge in [-0.2, -0.15) is 0 Å². The zero-order chi connectivity index (χ0) is 16.0. The first kappa shape index (κ1) is 17.6. The van der Waals surface area contributed by atoms with E-state index >= 15 is 0 Å². The summed E-state index contributed by atoms with van der Waals surface area (Å²) in [6, 6.07) is 13.5. The maximum absolute atomic E-state index is 10.9. The normalized spacial score (nSPS) is 12.2. The molecule has 0 saturated carbocycles. The summed E-state index contributed by atoms with van der Waals surface area (Å²) >= 11 is -2.09. The van der Waals surface area contributed by atoms with E-state index in [0.717, 1.165) is 11.1 Å². The molecule has 2 rings (SSSR count). The van der Waals surface area contributed by atoms with Crippen molar-refractivity contribution < 1.29 is 17.2 Å². The lowest BCUT2D eigenvalue weighted by molar-refractivity contribution is 0.537. The molecule has 6 heteroatoms. The predicted molar refractivity (Wildman–Crippen MR) is 82.7 cm³/mol. The van der Waals surface area contributed by atoms with E-state index in [1.165, 1.54) is 6.26 Å².